The lowest BCUT2D eigenvalue weighted by atomic mass is 9.85. The smallest absolute Gasteiger partial charge is 0.248 e. The second-order valence-electron chi connectivity index (χ2n) is 5.92. The van der Waals surface area contributed by atoms with Crippen molar-refractivity contribution in [2.75, 3.05) is 19.5 Å². The third-order valence-corrected chi connectivity index (χ3v) is 4.55. The fourth-order valence-electron chi connectivity index (χ4n) is 3.40. The normalized spacial score (nSPS) is 19.1. The highest BCUT2D eigenvalue weighted by Crippen LogP contribution is 2.44. The number of carbonyl (C=O) groups excluding carboxylic acids is 1. The van der Waals surface area contributed by atoms with Gasteiger partial charge in [-0.15, -0.1) is 0 Å². The van der Waals surface area contributed by atoms with E-state index < -0.39 is 6.04 Å². The lowest BCUT2D eigenvalue weighted by Crippen LogP contribution is -2.31. The van der Waals surface area contributed by atoms with Crippen LogP contribution in [0.5, 0.6) is 17.2 Å². The SMILES string of the molecule is COc1cc(C2C3=C(CCCC3=O)Nc3nnnn32)cc(OC)c1O. The summed E-state index contributed by atoms with van der Waals surface area (Å²) in [5.41, 5.74) is 2.18. The molecule has 0 saturated carbocycles. The van der Waals surface area contributed by atoms with Crippen LogP contribution in [0.3, 0.4) is 0 Å². The number of ether oxygens (including phenoxy) is 2. The maximum absolute atomic E-state index is 12.6. The van der Waals surface area contributed by atoms with Crippen LogP contribution in [0.1, 0.15) is 30.9 Å². The van der Waals surface area contributed by atoms with Gasteiger partial charge in [-0.1, -0.05) is 5.10 Å². The number of hydrogen-bond donors (Lipinski definition) is 2. The van der Waals surface area contributed by atoms with Gasteiger partial charge < -0.3 is 19.9 Å². The molecule has 2 N–H and O–H groups in total. The first-order valence-electron chi connectivity index (χ1n) is 7.90. The summed E-state index contributed by atoms with van der Waals surface area (Å²) >= 11 is 0. The highest BCUT2D eigenvalue weighted by molar-refractivity contribution is 5.99. The predicted molar refractivity (Wildman–Crippen MR) is 86.7 cm³/mol. The van der Waals surface area contributed by atoms with Crippen molar-refractivity contribution in [1.82, 2.24) is 20.2 Å². The fraction of sp³-hybridized carbons (Fsp3) is 0.375. The molecule has 1 aliphatic carbocycles. The Morgan fingerprint density at radius 1 is 1.24 bits per heavy atom. The number of anilines is 1. The van der Waals surface area contributed by atoms with E-state index in [2.05, 4.69) is 20.8 Å². The van der Waals surface area contributed by atoms with Crippen LogP contribution in [0.15, 0.2) is 23.4 Å². The summed E-state index contributed by atoms with van der Waals surface area (Å²) in [6, 6.07) is 2.84. The topological polar surface area (TPSA) is 111 Å². The molecule has 1 aliphatic heterocycles. The van der Waals surface area contributed by atoms with Gasteiger partial charge in [0.2, 0.25) is 11.7 Å². The van der Waals surface area contributed by atoms with Gasteiger partial charge >= 0.3 is 0 Å². The molecule has 0 saturated heterocycles. The average Bonchev–Trinajstić information content (AvgIpc) is 3.08. The molecule has 1 aromatic carbocycles. The van der Waals surface area contributed by atoms with E-state index in [9.17, 15) is 9.90 Å². The molecule has 1 atom stereocenters. The number of carbonyl (C=O) groups is 1. The second-order valence-corrected chi connectivity index (χ2v) is 5.92. The Bertz CT molecular complexity index is 863. The zero-order valence-corrected chi connectivity index (χ0v) is 13.8. The third kappa shape index (κ3) is 2.31. The minimum absolute atomic E-state index is 0.0610. The zero-order chi connectivity index (χ0) is 17.6. The Kier molecular flexibility index (Phi) is 3.56. The molecule has 1 unspecified atom stereocenters. The van der Waals surface area contributed by atoms with E-state index in [1.54, 1.807) is 16.8 Å². The summed E-state index contributed by atoms with van der Waals surface area (Å²) in [6.07, 6.45) is 2.04. The maximum atomic E-state index is 12.6. The molecular formula is C16H17N5O4. The Morgan fingerprint density at radius 3 is 2.64 bits per heavy atom. The molecule has 0 fully saturated rings. The molecule has 25 heavy (non-hydrogen) atoms. The number of aromatic nitrogens is 4. The molecule has 0 bridgehead atoms. The fourth-order valence-corrected chi connectivity index (χ4v) is 3.40. The van der Waals surface area contributed by atoms with E-state index in [0.717, 1.165) is 18.5 Å². The van der Waals surface area contributed by atoms with E-state index in [1.807, 2.05) is 0 Å². The Labute approximate surface area is 143 Å². The highest BCUT2D eigenvalue weighted by atomic mass is 16.5. The van der Waals surface area contributed by atoms with E-state index >= 15 is 0 Å². The van der Waals surface area contributed by atoms with Gasteiger partial charge in [0.25, 0.3) is 0 Å². The first-order chi connectivity index (χ1) is 12.1. The molecule has 2 heterocycles. The number of rotatable bonds is 3. The van der Waals surface area contributed by atoms with Crippen molar-refractivity contribution >= 4 is 11.7 Å². The van der Waals surface area contributed by atoms with E-state index in [1.165, 1.54) is 14.2 Å². The predicted octanol–water partition coefficient (Wildman–Crippen LogP) is 1.42. The molecule has 0 radical (unpaired) electrons. The number of ketones is 1. The van der Waals surface area contributed by atoms with Crippen LogP contribution in [-0.2, 0) is 4.79 Å². The molecule has 4 rings (SSSR count). The second kappa shape index (κ2) is 5.76. The number of phenols is 1. The number of nitrogens with one attached hydrogen (secondary N) is 1. The largest absolute Gasteiger partial charge is 0.502 e. The quantitative estimate of drug-likeness (QED) is 0.860. The summed E-state index contributed by atoms with van der Waals surface area (Å²) in [5, 5.41) is 25.1. The number of phenolic OH excluding ortho intramolecular Hbond substituents is 1. The van der Waals surface area contributed by atoms with E-state index in [4.69, 9.17) is 9.47 Å². The van der Waals surface area contributed by atoms with Gasteiger partial charge in [-0.25, -0.2) is 0 Å². The lowest BCUT2D eigenvalue weighted by Gasteiger charge is -2.31. The summed E-state index contributed by atoms with van der Waals surface area (Å²) in [4.78, 5) is 12.6. The number of fused-ring (bicyclic) bond motifs is 1. The molecule has 130 valence electrons. The summed E-state index contributed by atoms with van der Waals surface area (Å²) < 4.78 is 12.1. The molecule has 0 amide bonds. The van der Waals surface area contributed by atoms with Crippen molar-refractivity contribution in [3.63, 3.8) is 0 Å². The summed E-state index contributed by atoms with van der Waals surface area (Å²) in [7, 11) is 2.92. The summed E-state index contributed by atoms with van der Waals surface area (Å²) in [6.45, 7) is 0. The monoisotopic (exact) mass is 343 g/mol. The number of methoxy groups -OCH3 is 2. The van der Waals surface area contributed by atoms with Crippen LogP contribution >= 0.6 is 0 Å². The van der Waals surface area contributed by atoms with Crippen LogP contribution in [0.4, 0.5) is 5.95 Å². The summed E-state index contributed by atoms with van der Waals surface area (Å²) in [5.74, 6) is 0.958. The first kappa shape index (κ1) is 15.4. The van der Waals surface area contributed by atoms with Crippen molar-refractivity contribution < 1.29 is 19.4 Å². The van der Waals surface area contributed by atoms with E-state index in [-0.39, 0.29) is 23.0 Å². The lowest BCUT2D eigenvalue weighted by molar-refractivity contribution is -0.116. The van der Waals surface area contributed by atoms with Crippen molar-refractivity contribution in [3.8, 4) is 17.2 Å². The molecule has 2 aromatic rings. The van der Waals surface area contributed by atoms with Gasteiger partial charge in [-0.3, -0.25) is 4.79 Å². The van der Waals surface area contributed by atoms with Crippen LogP contribution in [0, 0.1) is 0 Å². The first-order valence-corrected chi connectivity index (χ1v) is 7.90. The molecule has 9 heteroatoms. The van der Waals surface area contributed by atoms with Gasteiger partial charge in [0.1, 0.15) is 6.04 Å². The zero-order valence-electron chi connectivity index (χ0n) is 13.8. The van der Waals surface area contributed by atoms with Crippen molar-refractivity contribution in [1.29, 1.82) is 0 Å². The Balaban J connectivity index is 1.94. The highest BCUT2D eigenvalue weighted by Gasteiger charge is 2.37. The molecular weight excluding hydrogens is 326 g/mol. The maximum Gasteiger partial charge on any atom is 0.248 e. The Hall–Kier alpha value is -3.10. The van der Waals surface area contributed by atoms with E-state index in [0.29, 0.717) is 23.5 Å². The number of nitrogens with zero attached hydrogens (tertiary/aromatic N) is 4. The minimum atomic E-state index is -0.502. The van der Waals surface area contributed by atoms with Crippen LogP contribution < -0.4 is 14.8 Å². The third-order valence-electron chi connectivity index (χ3n) is 4.55. The number of aromatic hydroxyl groups is 1. The molecule has 0 spiro atoms. The van der Waals surface area contributed by atoms with Gasteiger partial charge in [-0.2, -0.15) is 4.68 Å². The minimum Gasteiger partial charge on any atom is -0.502 e. The molecule has 9 nitrogen and oxygen atoms in total. The number of hydrogen-bond acceptors (Lipinski definition) is 8. The Morgan fingerprint density at radius 2 is 1.96 bits per heavy atom. The number of tetrazole rings is 1. The van der Waals surface area contributed by atoms with Crippen molar-refractivity contribution in [3.05, 3.63) is 29.0 Å². The average molecular weight is 343 g/mol. The molecule has 1 aromatic heterocycles. The number of Topliss-reactive ketones (excluding diaryl/α,β-unsaturated/α-hetero) is 1. The van der Waals surface area contributed by atoms with Gasteiger partial charge in [0.15, 0.2) is 17.3 Å². The van der Waals surface area contributed by atoms with Gasteiger partial charge in [-0.05, 0) is 41.0 Å². The van der Waals surface area contributed by atoms with Crippen LogP contribution in [-0.4, -0.2) is 45.3 Å². The molecule has 2 aliphatic rings. The van der Waals surface area contributed by atoms with Gasteiger partial charge in [0.05, 0.1) is 14.2 Å². The van der Waals surface area contributed by atoms with Crippen molar-refractivity contribution in [2.45, 2.75) is 25.3 Å². The standard InChI is InChI=1S/C16H17N5O4/c1-24-11-6-8(7-12(25-2)15(11)23)14-13-9(4-3-5-10(13)22)17-16-18-19-20-21(14)16/h6-7,14,23H,3-5H2,1-2H3,(H,17,18,20). The van der Waals surface area contributed by atoms with Crippen LogP contribution in [0.25, 0.3) is 0 Å². The van der Waals surface area contributed by atoms with Crippen molar-refractivity contribution in [2.24, 2.45) is 0 Å². The number of benzene rings is 1. The number of allylic oxidation sites excluding steroid dienone is 2. The van der Waals surface area contributed by atoms with Gasteiger partial charge in [0, 0.05) is 17.7 Å². The van der Waals surface area contributed by atoms with Crippen LogP contribution in [0.2, 0.25) is 0 Å².